The van der Waals surface area contributed by atoms with Crippen LogP contribution in [0.25, 0.3) is 0 Å². The molecule has 1 aliphatic rings. The van der Waals surface area contributed by atoms with Gasteiger partial charge in [0.2, 0.25) is 0 Å². The van der Waals surface area contributed by atoms with Gasteiger partial charge in [0, 0.05) is 13.1 Å². The van der Waals surface area contributed by atoms with Gasteiger partial charge in [0.1, 0.15) is 0 Å². The fraction of sp³-hybridized carbons (Fsp3) is 0.833. The highest BCUT2D eigenvalue weighted by Gasteiger charge is 2.30. The molecule has 1 aliphatic carbocycles. The molecular formula is C12H22N2O3. The first-order valence-electron chi connectivity index (χ1n) is 6.39. The molecule has 17 heavy (non-hydrogen) atoms. The number of carbonyl (C=O) groups excluding carboxylic acids is 1. The minimum atomic E-state index is -0.731. The van der Waals surface area contributed by atoms with Crippen molar-refractivity contribution >= 4 is 12.0 Å². The van der Waals surface area contributed by atoms with Crippen LogP contribution < -0.4 is 10.6 Å². The summed E-state index contributed by atoms with van der Waals surface area (Å²) >= 11 is 0. The summed E-state index contributed by atoms with van der Waals surface area (Å²) in [5.41, 5.74) is 0. The van der Waals surface area contributed by atoms with E-state index in [9.17, 15) is 9.59 Å². The molecule has 0 heterocycles. The van der Waals surface area contributed by atoms with Gasteiger partial charge in [-0.15, -0.1) is 0 Å². The van der Waals surface area contributed by atoms with Crippen molar-refractivity contribution in [3.63, 3.8) is 0 Å². The Morgan fingerprint density at radius 2 is 1.94 bits per heavy atom. The van der Waals surface area contributed by atoms with Crippen molar-refractivity contribution in [2.24, 2.45) is 11.8 Å². The molecule has 0 saturated heterocycles. The van der Waals surface area contributed by atoms with Crippen LogP contribution in [0.15, 0.2) is 0 Å². The van der Waals surface area contributed by atoms with E-state index >= 15 is 0 Å². The first-order valence-corrected chi connectivity index (χ1v) is 6.39. The standard InChI is InChI=1S/C12H22N2O3/c1-2-7-13-12(17)14-8-9-5-3-4-6-10(9)11(15)16/h9-10H,2-8H2,1H3,(H,15,16)(H2,13,14,17). The van der Waals surface area contributed by atoms with E-state index in [4.69, 9.17) is 5.11 Å². The van der Waals surface area contributed by atoms with Crippen molar-refractivity contribution in [1.82, 2.24) is 10.6 Å². The molecule has 2 amide bonds. The van der Waals surface area contributed by atoms with E-state index in [2.05, 4.69) is 10.6 Å². The SMILES string of the molecule is CCCNC(=O)NCC1CCCCC1C(=O)O. The number of urea groups is 1. The van der Waals surface area contributed by atoms with E-state index in [0.29, 0.717) is 13.1 Å². The number of hydrogen-bond donors (Lipinski definition) is 3. The van der Waals surface area contributed by atoms with Gasteiger partial charge in [-0.3, -0.25) is 4.79 Å². The van der Waals surface area contributed by atoms with Gasteiger partial charge in [0.15, 0.2) is 0 Å². The molecule has 5 nitrogen and oxygen atoms in total. The van der Waals surface area contributed by atoms with E-state index in [1.807, 2.05) is 6.92 Å². The molecule has 0 radical (unpaired) electrons. The molecule has 3 N–H and O–H groups in total. The number of rotatable bonds is 5. The Morgan fingerprint density at radius 1 is 1.24 bits per heavy atom. The van der Waals surface area contributed by atoms with E-state index < -0.39 is 5.97 Å². The van der Waals surface area contributed by atoms with Crippen LogP contribution in [0, 0.1) is 11.8 Å². The van der Waals surface area contributed by atoms with Crippen LogP contribution in [0.2, 0.25) is 0 Å². The Bertz CT molecular complexity index is 268. The van der Waals surface area contributed by atoms with Gasteiger partial charge in [0.05, 0.1) is 5.92 Å². The Labute approximate surface area is 102 Å². The summed E-state index contributed by atoms with van der Waals surface area (Å²) in [6.07, 6.45) is 4.57. The van der Waals surface area contributed by atoms with Crippen molar-refractivity contribution in [3.8, 4) is 0 Å². The normalized spacial score (nSPS) is 24.1. The summed E-state index contributed by atoms with van der Waals surface area (Å²) in [5.74, 6) is -0.950. The predicted molar refractivity (Wildman–Crippen MR) is 64.8 cm³/mol. The third-order valence-corrected chi connectivity index (χ3v) is 3.29. The zero-order valence-corrected chi connectivity index (χ0v) is 10.4. The van der Waals surface area contributed by atoms with Crippen molar-refractivity contribution in [1.29, 1.82) is 0 Å². The zero-order chi connectivity index (χ0) is 12.7. The third kappa shape index (κ3) is 4.63. The van der Waals surface area contributed by atoms with Crippen molar-refractivity contribution in [2.75, 3.05) is 13.1 Å². The first kappa shape index (κ1) is 13.8. The first-order chi connectivity index (χ1) is 8.15. The van der Waals surface area contributed by atoms with Crippen LogP contribution in [0.5, 0.6) is 0 Å². The second kappa shape index (κ2) is 7.14. The molecule has 0 aromatic rings. The Morgan fingerprint density at radius 3 is 2.59 bits per heavy atom. The Balaban J connectivity index is 2.32. The van der Waals surface area contributed by atoms with Crippen molar-refractivity contribution in [3.05, 3.63) is 0 Å². The largest absolute Gasteiger partial charge is 0.481 e. The number of aliphatic carboxylic acids is 1. The van der Waals surface area contributed by atoms with E-state index in [1.165, 1.54) is 0 Å². The molecule has 0 bridgehead atoms. The minimum absolute atomic E-state index is 0.0774. The van der Waals surface area contributed by atoms with Crippen LogP contribution in [-0.4, -0.2) is 30.2 Å². The summed E-state index contributed by atoms with van der Waals surface area (Å²) in [7, 11) is 0. The van der Waals surface area contributed by atoms with Crippen LogP contribution >= 0.6 is 0 Å². The van der Waals surface area contributed by atoms with Crippen LogP contribution in [0.1, 0.15) is 39.0 Å². The molecule has 98 valence electrons. The number of nitrogens with one attached hydrogen (secondary N) is 2. The number of carboxylic acids is 1. The monoisotopic (exact) mass is 242 g/mol. The second-order valence-electron chi connectivity index (χ2n) is 4.63. The molecule has 0 aromatic carbocycles. The lowest BCUT2D eigenvalue weighted by atomic mass is 9.79. The molecule has 1 fully saturated rings. The van der Waals surface area contributed by atoms with Gasteiger partial charge < -0.3 is 15.7 Å². The highest BCUT2D eigenvalue weighted by atomic mass is 16.4. The fourth-order valence-corrected chi connectivity index (χ4v) is 2.30. The van der Waals surface area contributed by atoms with Gasteiger partial charge in [0.25, 0.3) is 0 Å². The average molecular weight is 242 g/mol. The second-order valence-corrected chi connectivity index (χ2v) is 4.63. The lowest BCUT2D eigenvalue weighted by Crippen LogP contribution is -2.42. The fourth-order valence-electron chi connectivity index (χ4n) is 2.30. The lowest BCUT2D eigenvalue weighted by molar-refractivity contribution is -0.144. The summed E-state index contributed by atoms with van der Waals surface area (Å²) < 4.78 is 0. The summed E-state index contributed by atoms with van der Waals surface area (Å²) in [6.45, 7) is 3.10. The average Bonchev–Trinajstić information content (AvgIpc) is 2.34. The third-order valence-electron chi connectivity index (χ3n) is 3.29. The van der Waals surface area contributed by atoms with Gasteiger partial charge in [-0.05, 0) is 25.2 Å². The van der Waals surface area contributed by atoms with Crippen LogP contribution in [-0.2, 0) is 4.79 Å². The highest BCUT2D eigenvalue weighted by Crippen LogP contribution is 2.29. The molecule has 2 atom stereocenters. The topological polar surface area (TPSA) is 78.4 Å². The molecule has 0 spiro atoms. The Kier molecular flexibility index (Phi) is 5.80. The van der Waals surface area contributed by atoms with Crippen molar-refractivity contribution < 1.29 is 14.7 Å². The molecule has 5 heteroatoms. The minimum Gasteiger partial charge on any atom is -0.481 e. The lowest BCUT2D eigenvalue weighted by Gasteiger charge is -2.28. The van der Waals surface area contributed by atoms with E-state index in [0.717, 1.165) is 32.1 Å². The number of carbonyl (C=O) groups is 2. The zero-order valence-electron chi connectivity index (χ0n) is 10.4. The number of hydrogen-bond acceptors (Lipinski definition) is 2. The maximum Gasteiger partial charge on any atom is 0.314 e. The van der Waals surface area contributed by atoms with Gasteiger partial charge in [-0.1, -0.05) is 19.8 Å². The van der Waals surface area contributed by atoms with Gasteiger partial charge in [-0.25, -0.2) is 4.79 Å². The number of amides is 2. The smallest absolute Gasteiger partial charge is 0.314 e. The highest BCUT2D eigenvalue weighted by molar-refractivity contribution is 5.74. The molecule has 0 aromatic heterocycles. The maximum absolute atomic E-state index is 11.4. The summed E-state index contributed by atoms with van der Waals surface area (Å²) in [5, 5.41) is 14.6. The van der Waals surface area contributed by atoms with Crippen molar-refractivity contribution in [2.45, 2.75) is 39.0 Å². The molecule has 1 saturated carbocycles. The van der Waals surface area contributed by atoms with E-state index in [1.54, 1.807) is 0 Å². The molecular weight excluding hydrogens is 220 g/mol. The molecule has 1 rings (SSSR count). The van der Waals surface area contributed by atoms with E-state index in [-0.39, 0.29) is 17.9 Å². The molecule has 2 unspecified atom stereocenters. The van der Waals surface area contributed by atoms with Gasteiger partial charge in [-0.2, -0.15) is 0 Å². The Hall–Kier alpha value is -1.26. The quantitative estimate of drug-likeness (QED) is 0.685. The summed E-state index contributed by atoms with van der Waals surface area (Å²) in [6, 6.07) is -0.193. The predicted octanol–water partition coefficient (Wildman–Crippen LogP) is 1.59. The van der Waals surface area contributed by atoms with Gasteiger partial charge >= 0.3 is 12.0 Å². The maximum atomic E-state index is 11.4. The summed E-state index contributed by atoms with van der Waals surface area (Å²) in [4.78, 5) is 22.4. The van der Waals surface area contributed by atoms with Crippen LogP contribution in [0.3, 0.4) is 0 Å². The van der Waals surface area contributed by atoms with Crippen LogP contribution in [0.4, 0.5) is 4.79 Å². The number of carboxylic acid groups (broad SMARTS) is 1. The molecule has 0 aliphatic heterocycles.